The first-order chi connectivity index (χ1) is 5.58. The third-order valence-electron chi connectivity index (χ3n) is 1.07. The van der Waals surface area contributed by atoms with Gasteiger partial charge in [-0.3, -0.25) is 4.84 Å². The van der Waals surface area contributed by atoms with Crippen molar-refractivity contribution >= 4 is 0 Å². The Kier molecular flexibility index (Phi) is 2.52. The molecule has 0 radical (unpaired) electrons. The van der Waals surface area contributed by atoms with Crippen LogP contribution in [0, 0.1) is 0 Å². The van der Waals surface area contributed by atoms with E-state index in [4.69, 9.17) is 0 Å². The van der Waals surface area contributed by atoms with E-state index in [1.165, 1.54) is 12.4 Å². The third-order valence-corrected chi connectivity index (χ3v) is 1.07. The summed E-state index contributed by atoms with van der Waals surface area (Å²) in [5.41, 5.74) is 0. The minimum absolute atomic E-state index is 1.01. The number of pyridine rings is 1. The first-order valence-corrected chi connectivity index (χ1v) is 3.24. The van der Waals surface area contributed by atoms with Gasteiger partial charge in [-0.2, -0.15) is 13.2 Å². The molecule has 0 N–H and O–H groups in total. The molecule has 1 heterocycles. The fourth-order valence-corrected chi connectivity index (χ4v) is 0.617. The maximum atomic E-state index is 11.6. The van der Waals surface area contributed by atoms with Crippen LogP contribution in [0.2, 0.25) is 0 Å². The average molecular weight is 178 g/mol. The van der Waals surface area contributed by atoms with Crippen molar-refractivity contribution in [2.75, 3.05) is 6.61 Å². The summed E-state index contributed by atoms with van der Waals surface area (Å²) in [5, 5.41) is 0. The van der Waals surface area contributed by atoms with Gasteiger partial charge in [0.2, 0.25) is 12.4 Å². The van der Waals surface area contributed by atoms with Crippen LogP contribution in [0.5, 0.6) is 0 Å². The summed E-state index contributed by atoms with van der Waals surface area (Å²) in [6, 6.07) is 4.85. The number of hydrogen-bond donors (Lipinski definition) is 0. The van der Waals surface area contributed by atoms with Gasteiger partial charge < -0.3 is 0 Å². The van der Waals surface area contributed by atoms with E-state index in [2.05, 4.69) is 4.84 Å². The van der Waals surface area contributed by atoms with Gasteiger partial charge in [-0.25, -0.2) is 0 Å². The third kappa shape index (κ3) is 3.23. The van der Waals surface area contributed by atoms with E-state index in [9.17, 15) is 13.2 Å². The molecule has 0 aliphatic heterocycles. The Morgan fingerprint density at radius 3 is 2.17 bits per heavy atom. The molecule has 1 aromatic heterocycles. The molecule has 1 aromatic rings. The molecule has 0 aliphatic carbocycles. The molecule has 0 bridgehead atoms. The van der Waals surface area contributed by atoms with Gasteiger partial charge in [0.15, 0.2) is 0 Å². The van der Waals surface area contributed by atoms with Crippen molar-refractivity contribution in [2.45, 2.75) is 6.18 Å². The summed E-state index contributed by atoms with van der Waals surface area (Å²) in [4.78, 5) is 4.36. The summed E-state index contributed by atoms with van der Waals surface area (Å²) in [5.74, 6) is 0. The largest absolute Gasteiger partial charge is 0.429 e. The second-order valence-electron chi connectivity index (χ2n) is 2.12. The van der Waals surface area contributed by atoms with E-state index >= 15 is 0 Å². The molecule has 12 heavy (non-hydrogen) atoms. The van der Waals surface area contributed by atoms with Crippen molar-refractivity contribution in [1.29, 1.82) is 0 Å². The molecule has 5 heteroatoms. The van der Waals surface area contributed by atoms with Gasteiger partial charge in [0.25, 0.3) is 6.61 Å². The molecular formula is C7H7F3NO+. The van der Waals surface area contributed by atoms with Crippen molar-refractivity contribution in [2.24, 2.45) is 0 Å². The van der Waals surface area contributed by atoms with Crippen molar-refractivity contribution < 1.29 is 22.7 Å². The van der Waals surface area contributed by atoms with Gasteiger partial charge in [-0.15, -0.1) is 0 Å². The maximum absolute atomic E-state index is 11.6. The highest BCUT2D eigenvalue weighted by Crippen LogP contribution is 2.12. The lowest BCUT2D eigenvalue weighted by Gasteiger charge is -2.01. The van der Waals surface area contributed by atoms with E-state index < -0.39 is 12.8 Å². The van der Waals surface area contributed by atoms with Crippen LogP contribution in [0.15, 0.2) is 30.6 Å². The molecule has 1 rings (SSSR count). The van der Waals surface area contributed by atoms with E-state index in [1.54, 1.807) is 18.2 Å². The van der Waals surface area contributed by atoms with Crippen molar-refractivity contribution in [3.05, 3.63) is 30.6 Å². The van der Waals surface area contributed by atoms with Crippen LogP contribution in [0.1, 0.15) is 0 Å². The highest BCUT2D eigenvalue weighted by Gasteiger charge is 2.31. The van der Waals surface area contributed by atoms with Crippen molar-refractivity contribution in [3.63, 3.8) is 0 Å². The molecule has 0 amide bonds. The Morgan fingerprint density at radius 1 is 1.08 bits per heavy atom. The topological polar surface area (TPSA) is 13.1 Å². The number of hydrogen-bond acceptors (Lipinski definition) is 1. The standard InChI is InChI=1S/C7H7F3NO/c8-7(9,10)6-12-11-4-2-1-3-5-11/h1-5H,6H2/q+1. The number of alkyl halides is 3. The lowest BCUT2D eigenvalue weighted by Crippen LogP contribution is -2.45. The Morgan fingerprint density at radius 2 is 1.67 bits per heavy atom. The van der Waals surface area contributed by atoms with Gasteiger partial charge >= 0.3 is 6.18 Å². The Labute approximate surface area is 67.2 Å². The Bertz CT molecular complexity index is 234. The molecule has 0 atom stereocenters. The number of aromatic nitrogens is 1. The summed E-state index contributed by atoms with van der Waals surface area (Å²) in [7, 11) is 0. The molecule has 0 fully saturated rings. The summed E-state index contributed by atoms with van der Waals surface area (Å²) >= 11 is 0. The predicted molar refractivity (Wildman–Crippen MR) is 34.1 cm³/mol. The van der Waals surface area contributed by atoms with Gasteiger partial charge in [0, 0.05) is 16.9 Å². The second-order valence-corrected chi connectivity index (χ2v) is 2.12. The average Bonchev–Trinajstić information content (AvgIpc) is 2.02. The number of rotatable bonds is 2. The van der Waals surface area contributed by atoms with Gasteiger partial charge in [0.05, 0.1) is 0 Å². The molecule has 0 aromatic carbocycles. The molecule has 0 saturated heterocycles. The number of nitrogens with zero attached hydrogens (tertiary/aromatic N) is 1. The van der Waals surface area contributed by atoms with Crippen LogP contribution in [0.25, 0.3) is 0 Å². The summed E-state index contributed by atoms with van der Waals surface area (Å²) in [6.45, 7) is -1.28. The smallest absolute Gasteiger partial charge is 0.262 e. The van der Waals surface area contributed by atoms with E-state index in [0.29, 0.717) is 0 Å². The van der Waals surface area contributed by atoms with Gasteiger partial charge in [-0.1, -0.05) is 6.07 Å². The zero-order valence-corrected chi connectivity index (χ0v) is 6.08. The SMILES string of the molecule is FC(F)(F)CO[n+]1ccccc1. The molecule has 2 nitrogen and oxygen atoms in total. The monoisotopic (exact) mass is 178 g/mol. The predicted octanol–water partition coefficient (Wildman–Crippen LogP) is 0.965. The van der Waals surface area contributed by atoms with Crippen LogP contribution in [0.3, 0.4) is 0 Å². The lowest BCUT2D eigenvalue weighted by atomic mass is 10.5. The molecule has 66 valence electrons. The van der Waals surface area contributed by atoms with E-state index in [1.807, 2.05) is 0 Å². The fourth-order valence-electron chi connectivity index (χ4n) is 0.617. The van der Waals surface area contributed by atoms with Gasteiger partial charge in [0.1, 0.15) is 0 Å². The molecule has 0 unspecified atom stereocenters. The van der Waals surface area contributed by atoms with Crippen molar-refractivity contribution in [3.8, 4) is 0 Å². The lowest BCUT2D eigenvalue weighted by molar-refractivity contribution is -0.894. The van der Waals surface area contributed by atoms with Crippen LogP contribution in [-0.4, -0.2) is 12.8 Å². The highest BCUT2D eigenvalue weighted by molar-refractivity contribution is 4.83. The molecule has 0 aliphatic rings. The van der Waals surface area contributed by atoms with Crippen LogP contribution >= 0.6 is 0 Å². The zero-order chi connectivity index (χ0) is 9.03. The first-order valence-electron chi connectivity index (χ1n) is 3.24. The Hall–Kier alpha value is -1.26. The van der Waals surface area contributed by atoms with Crippen LogP contribution in [-0.2, 0) is 0 Å². The quantitative estimate of drug-likeness (QED) is 0.615. The minimum atomic E-state index is -4.29. The van der Waals surface area contributed by atoms with E-state index in [0.717, 1.165) is 4.73 Å². The summed E-state index contributed by atoms with van der Waals surface area (Å²) in [6.07, 6.45) is -1.50. The normalized spacial score (nSPS) is 11.2. The van der Waals surface area contributed by atoms with Gasteiger partial charge in [-0.05, 0) is 0 Å². The second kappa shape index (κ2) is 3.42. The van der Waals surface area contributed by atoms with Crippen LogP contribution < -0.4 is 9.57 Å². The Balaban J connectivity index is 2.44. The molecular weight excluding hydrogens is 171 g/mol. The molecule has 0 saturated carbocycles. The van der Waals surface area contributed by atoms with E-state index in [-0.39, 0.29) is 0 Å². The minimum Gasteiger partial charge on any atom is -0.262 e. The maximum Gasteiger partial charge on any atom is 0.429 e. The van der Waals surface area contributed by atoms with Crippen LogP contribution in [0.4, 0.5) is 13.2 Å². The first kappa shape index (κ1) is 8.83. The molecule has 0 spiro atoms. The fraction of sp³-hybridized carbons (Fsp3) is 0.286. The number of halogens is 3. The zero-order valence-electron chi connectivity index (χ0n) is 6.08. The summed E-state index contributed by atoms with van der Waals surface area (Å²) < 4.78 is 35.8. The highest BCUT2D eigenvalue weighted by atomic mass is 19.4. The van der Waals surface area contributed by atoms with Crippen molar-refractivity contribution in [1.82, 2.24) is 0 Å².